The van der Waals surface area contributed by atoms with E-state index < -0.39 is 5.97 Å². The Morgan fingerprint density at radius 1 is 0.939 bits per heavy atom. The zero-order chi connectivity index (χ0) is 22.8. The maximum absolute atomic E-state index is 13.0. The molecule has 2 aromatic heterocycles. The molecule has 0 saturated carbocycles. The molecule has 0 aliphatic rings. The van der Waals surface area contributed by atoms with Crippen molar-refractivity contribution in [2.24, 2.45) is 0 Å². The largest absolute Gasteiger partial charge is 0.451 e. The number of esters is 1. The third kappa shape index (κ3) is 3.89. The maximum atomic E-state index is 13.0. The smallest absolute Gasteiger partial charge is 0.359 e. The van der Waals surface area contributed by atoms with Gasteiger partial charge in [-0.1, -0.05) is 65.8 Å². The lowest BCUT2D eigenvalue weighted by molar-refractivity contribution is 0.0423. The summed E-state index contributed by atoms with van der Waals surface area (Å²) < 4.78 is 11.9. The number of rotatable bonds is 5. The molecule has 0 aliphatic carbocycles. The Labute approximate surface area is 188 Å². The molecule has 2 heterocycles. The van der Waals surface area contributed by atoms with Gasteiger partial charge in [-0.2, -0.15) is 14.8 Å². The van der Waals surface area contributed by atoms with Crippen molar-refractivity contribution in [1.29, 1.82) is 0 Å². The molecule has 8 heteroatoms. The van der Waals surface area contributed by atoms with Gasteiger partial charge in [0.05, 0.1) is 11.1 Å². The molecule has 33 heavy (non-hydrogen) atoms. The van der Waals surface area contributed by atoms with Crippen LogP contribution in [-0.4, -0.2) is 25.9 Å². The van der Waals surface area contributed by atoms with Crippen LogP contribution in [-0.2, 0) is 11.3 Å². The molecule has 0 radical (unpaired) electrons. The number of nitrogens with zero attached hydrogens (tertiary/aromatic N) is 4. The second-order valence-corrected chi connectivity index (χ2v) is 7.35. The molecular formula is C25H18N4O4. The Kier molecular flexibility index (Phi) is 5.24. The monoisotopic (exact) mass is 438 g/mol. The Balaban J connectivity index is 1.45. The van der Waals surface area contributed by atoms with Crippen LogP contribution in [0.4, 0.5) is 0 Å². The van der Waals surface area contributed by atoms with Gasteiger partial charge in [-0.05, 0) is 30.7 Å². The van der Waals surface area contributed by atoms with Crippen LogP contribution in [0.2, 0.25) is 0 Å². The second-order valence-electron chi connectivity index (χ2n) is 7.35. The van der Waals surface area contributed by atoms with Crippen LogP contribution in [0.3, 0.4) is 0 Å². The molecule has 0 aliphatic heterocycles. The molecule has 5 rings (SSSR count). The number of hydrogen-bond acceptors (Lipinski definition) is 7. The summed E-state index contributed by atoms with van der Waals surface area (Å²) in [7, 11) is 0. The van der Waals surface area contributed by atoms with Gasteiger partial charge in [0.25, 0.3) is 11.4 Å². The van der Waals surface area contributed by atoms with E-state index in [1.54, 1.807) is 48.5 Å². The average molecular weight is 438 g/mol. The van der Waals surface area contributed by atoms with E-state index in [4.69, 9.17) is 9.26 Å². The number of benzene rings is 3. The summed E-state index contributed by atoms with van der Waals surface area (Å²) in [4.78, 5) is 30.2. The van der Waals surface area contributed by atoms with Crippen LogP contribution in [0.25, 0.3) is 27.8 Å². The highest BCUT2D eigenvalue weighted by atomic mass is 16.6. The molecule has 3 aromatic carbocycles. The van der Waals surface area contributed by atoms with Crippen molar-refractivity contribution in [3.63, 3.8) is 0 Å². The fraction of sp³-hybridized carbons (Fsp3) is 0.0800. The molecule has 0 bridgehead atoms. The highest BCUT2D eigenvalue weighted by Gasteiger charge is 2.20. The fourth-order valence-corrected chi connectivity index (χ4v) is 3.53. The van der Waals surface area contributed by atoms with Crippen LogP contribution >= 0.6 is 0 Å². The van der Waals surface area contributed by atoms with E-state index in [1.165, 1.54) is 4.68 Å². The lowest BCUT2D eigenvalue weighted by atomic mass is 10.1. The second kappa shape index (κ2) is 8.51. The lowest BCUT2D eigenvalue weighted by Crippen LogP contribution is -2.25. The highest BCUT2D eigenvalue weighted by Crippen LogP contribution is 2.21. The number of carbonyl (C=O) groups excluding carboxylic acids is 1. The SMILES string of the molecule is Cc1ccccc1-c1noc(COC(=O)c2nn(-c3ccccc3)c(=O)c3ccccc23)n1. The first-order valence-corrected chi connectivity index (χ1v) is 10.2. The van der Waals surface area contributed by atoms with Crippen LogP contribution < -0.4 is 5.56 Å². The molecule has 0 saturated heterocycles. The van der Waals surface area contributed by atoms with Crippen molar-refractivity contribution in [1.82, 2.24) is 19.9 Å². The summed E-state index contributed by atoms with van der Waals surface area (Å²) in [5, 5.41) is 9.06. The molecule has 0 N–H and O–H groups in total. The third-order valence-corrected chi connectivity index (χ3v) is 5.18. The predicted molar refractivity (Wildman–Crippen MR) is 121 cm³/mol. The molecule has 5 aromatic rings. The predicted octanol–water partition coefficient (Wildman–Crippen LogP) is 4.10. The molecule has 162 valence electrons. The summed E-state index contributed by atoms with van der Waals surface area (Å²) >= 11 is 0. The van der Waals surface area contributed by atoms with E-state index >= 15 is 0 Å². The maximum Gasteiger partial charge on any atom is 0.359 e. The van der Waals surface area contributed by atoms with Gasteiger partial charge in [0.15, 0.2) is 12.3 Å². The Bertz CT molecular complexity index is 1520. The molecule has 0 fully saturated rings. The number of carbonyl (C=O) groups is 1. The van der Waals surface area contributed by atoms with Gasteiger partial charge in [0, 0.05) is 10.9 Å². The number of aromatic nitrogens is 4. The number of hydrogen-bond donors (Lipinski definition) is 0. The standard InChI is InChI=1S/C25H18N4O4/c1-16-9-5-6-12-18(16)23-26-21(33-28-23)15-32-25(31)22-19-13-7-8-14-20(19)24(30)29(27-22)17-10-3-2-4-11-17/h2-14H,15H2,1H3. The van der Waals surface area contributed by atoms with Crippen molar-refractivity contribution in [3.8, 4) is 17.1 Å². The van der Waals surface area contributed by atoms with Gasteiger partial charge in [-0.3, -0.25) is 4.79 Å². The van der Waals surface area contributed by atoms with E-state index in [-0.39, 0.29) is 23.8 Å². The summed E-state index contributed by atoms with van der Waals surface area (Å²) in [6, 6.07) is 23.3. The van der Waals surface area contributed by atoms with Crippen molar-refractivity contribution in [2.75, 3.05) is 0 Å². The van der Waals surface area contributed by atoms with Gasteiger partial charge in [0.2, 0.25) is 5.82 Å². The first-order valence-electron chi connectivity index (χ1n) is 10.2. The summed E-state index contributed by atoms with van der Waals surface area (Å²) in [5.74, 6) is -0.130. The Hall–Kier alpha value is -4.59. The normalized spacial score (nSPS) is 10.9. The van der Waals surface area contributed by atoms with Crippen molar-refractivity contribution in [3.05, 3.63) is 106 Å². The molecule has 0 unspecified atom stereocenters. The quantitative estimate of drug-likeness (QED) is 0.381. The number of ether oxygens (including phenoxy) is 1. The Morgan fingerprint density at radius 2 is 1.64 bits per heavy atom. The van der Waals surface area contributed by atoms with Gasteiger partial charge >= 0.3 is 5.97 Å². The van der Waals surface area contributed by atoms with Gasteiger partial charge in [-0.25, -0.2) is 4.79 Å². The van der Waals surface area contributed by atoms with E-state index in [9.17, 15) is 9.59 Å². The minimum absolute atomic E-state index is 0.0210. The lowest BCUT2D eigenvalue weighted by Gasteiger charge is -2.10. The summed E-state index contributed by atoms with van der Waals surface area (Å²) in [5.41, 5.74) is 2.07. The van der Waals surface area contributed by atoms with Crippen LogP contribution in [0.15, 0.2) is 88.2 Å². The first kappa shape index (κ1) is 20.3. The zero-order valence-electron chi connectivity index (χ0n) is 17.6. The van der Waals surface area contributed by atoms with Crippen molar-refractivity contribution in [2.45, 2.75) is 13.5 Å². The van der Waals surface area contributed by atoms with Gasteiger partial charge in [-0.15, -0.1) is 0 Å². The molecular weight excluding hydrogens is 420 g/mol. The van der Waals surface area contributed by atoms with Gasteiger partial charge in [0.1, 0.15) is 0 Å². The minimum atomic E-state index is -0.702. The van der Waals surface area contributed by atoms with E-state index in [0.717, 1.165) is 11.1 Å². The number of para-hydroxylation sites is 1. The number of fused-ring (bicyclic) bond motifs is 1. The molecule has 0 atom stereocenters. The first-order chi connectivity index (χ1) is 16.1. The van der Waals surface area contributed by atoms with Gasteiger partial charge < -0.3 is 9.26 Å². The minimum Gasteiger partial charge on any atom is -0.451 e. The average Bonchev–Trinajstić information content (AvgIpc) is 3.32. The molecule has 0 amide bonds. The summed E-state index contributed by atoms with van der Waals surface area (Å²) in [6.45, 7) is 1.72. The third-order valence-electron chi connectivity index (χ3n) is 5.18. The summed E-state index contributed by atoms with van der Waals surface area (Å²) in [6.07, 6.45) is 0. The topological polar surface area (TPSA) is 100 Å². The van der Waals surface area contributed by atoms with E-state index in [0.29, 0.717) is 22.3 Å². The highest BCUT2D eigenvalue weighted by molar-refractivity contribution is 6.02. The number of aryl methyl sites for hydroxylation is 1. The zero-order valence-corrected chi connectivity index (χ0v) is 17.6. The fourth-order valence-electron chi connectivity index (χ4n) is 3.53. The molecule has 0 spiro atoms. The van der Waals surface area contributed by atoms with E-state index in [2.05, 4.69) is 15.2 Å². The van der Waals surface area contributed by atoms with Crippen LogP contribution in [0, 0.1) is 6.92 Å². The van der Waals surface area contributed by atoms with Crippen LogP contribution in [0.1, 0.15) is 21.9 Å². The van der Waals surface area contributed by atoms with Crippen LogP contribution in [0.5, 0.6) is 0 Å². The van der Waals surface area contributed by atoms with Crippen molar-refractivity contribution < 1.29 is 14.1 Å². The van der Waals surface area contributed by atoms with E-state index in [1.807, 2.05) is 37.3 Å². The molecule has 8 nitrogen and oxygen atoms in total. The van der Waals surface area contributed by atoms with Crippen molar-refractivity contribution >= 4 is 16.7 Å². The Morgan fingerprint density at radius 3 is 2.42 bits per heavy atom.